The number of likely N-dealkylation sites (N-methyl/N-ethyl adjacent to an activating group) is 1. The Morgan fingerprint density at radius 1 is 1.14 bits per heavy atom. The predicted octanol–water partition coefficient (Wildman–Crippen LogP) is 2.36. The molecule has 1 N–H and O–H groups in total. The zero-order valence-corrected chi connectivity index (χ0v) is 15.4. The fourth-order valence-corrected chi connectivity index (χ4v) is 3.63. The van der Waals surface area contributed by atoms with Gasteiger partial charge in [0, 0.05) is 32.1 Å². The van der Waals surface area contributed by atoms with E-state index in [0.717, 1.165) is 5.56 Å². The molecule has 1 amide bonds. The molecule has 2 atom stereocenters. The lowest BCUT2D eigenvalue weighted by Gasteiger charge is -2.23. The SMILES string of the molecule is CN(CC(=O)N1CC(C(=O)O)C(c2ccccc2)C1)c1ccccc1[N+](=O)[O-]. The number of likely N-dealkylation sites (tertiary alicyclic amines) is 1. The Hall–Kier alpha value is -3.42. The molecule has 1 fully saturated rings. The molecule has 3 rings (SSSR count). The number of aliphatic carboxylic acids is 1. The van der Waals surface area contributed by atoms with E-state index in [2.05, 4.69) is 0 Å². The first-order valence-electron chi connectivity index (χ1n) is 8.88. The molecule has 0 radical (unpaired) electrons. The molecule has 1 heterocycles. The first-order valence-corrected chi connectivity index (χ1v) is 8.88. The smallest absolute Gasteiger partial charge is 0.308 e. The minimum Gasteiger partial charge on any atom is -0.481 e. The molecule has 0 spiro atoms. The summed E-state index contributed by atoms with van der Waals surface area (Å²) in [4.78, 5) is 38.2. The summed E-state index contributed by atoms with van der Waals surface area (Å²) in [6.07, 6.45) is 0. The van der Waals surface area contributed by atoms with Gasteiger partial charge in [-0.25, -0.2) is 0 Å². The van der Waals surface area contributed by atoms with Crippen molar-refractivity contribution in [2.24, 2.45) is 5.92 Å². The fraction of sp³-hybridized carbons (Fsp3) is 0.300. The molecule has 0 bridgehead atoms. The van der Waals surface area contributed by atoms with E-state index in [1.54, 1.807) is 25.2 Å². The van der Waals surface area contributed by atoms with Crippen molar-refractivity contribution in [1.82, 2.24) is 4.90 Å². The number of carbonyl (C=O) groups is 2. The van der Waals surface area contributed by atoms with Crippen molar-refractivity contribution in [3.05, 3.63) is 70.3 Å². The number of carboxylic acid groups (broad SMARTS) is 1. The first kappa shape index (κ1) is 19.3. The number of hydrogen-bond donors (Lipinski definition) is 1. The molecule has 1 aliphatic rings. The van der Waals surface area contributed by atoms with Crippen molar-refractivity contribution >= 4 is 23.3 Å². The average Bonchev–Trinajstić information content (AvgIpc) is 3.14. The van der Waals surface area contributed by atoms with E-state index in [0.29, 0.717) is 12.2 Å². The summed E-state index contributed by atoms with van der Waals surface area (Å²) in [5, 5.41) is 20.8. The maximum absolute atomic E-state index is 12.8. The van der Waals surface area contributed by atoms with Gasteiger partial charge in [0.15, 0.2) is 0 Å². The van der Waals surface area contributed by atoms with E-state index in [-0.39, 0.29) is 30.6 Å². The number of carbonyl (C=O) groups excluding carboxylic acids is 1. The minimum absolute atomic E-state index is 0.0707. The summed E-state index contributed by atoms with van der Waals surface area (Å²) in [5.41, 5.74) is 1.15. The molecule has 1 saturated heterocycles. The third-order valence-electron chi connectivity index (χ3n) is 5.08. The Kier molecular flexibility index (Phi) is 5.58. The maximum Gasteiger partial charge on any atom is 0.308 e. The summed E-state index contributed by atoms with van der Waals surface area (Å²) >= 11 is 0. The molecule has 0 saturated carbocycles. The number of carboxylic acids is 1. The van der Waals surface area contributed by atoms with Crippen LogP contribution >= 0.6 is 0 Å². The van der Waals surface area contributed by atoms with Crippen LogP contribution in [0.1, 0.15) is 11.5 Å². The summed E-state index contributed by atoms with van der Waals surface area (Å²) in [6, 6.07) is 15.5. The molecule has 146 valence electrons. The van der Waals surface area contributed by atoms with E-state index in [1.807, 2.05) is 30.3 Å². The standard InChI is InChI=1S/C20H21N3O5/c1-21(17-9-5-6-10-18(17)23(27)28)13-19(24)22-11-15(16(12-22)20(25)26)14-7-3-2-4-8-14/h2-10,15-16H,11-13H2,1H3,(H,25,26). The van der Waals surface area contributed by atoms with Crippen molar-refractivity contribution in [3.63, 3.8) is 0 Å². The highest BCUT2D eigenvalue weighted by molar-refractivity contribution is 5.84. The number of amides is 1. The first-order chi connectivity index (χ1) is 13.4. The van der Waals surface area contributed by atoms with Crippen LogP contribution in [0.4, 0.5) is 11.4 Å². The second-order valence-corrected chi connectivity index (χ2v) is 6.86. The molecule has 0 aromatic heterocycles. The third-order valence-corrected chi connectivity index (χ3v) is 5.08. The molecule has 8 heteroatoms. The predicted molar refractivity (Wildman–Crippen MR) is 103 cm³/mol. The van der Waals surface area contributed by atoms with Crippen molar-refractivity contribution in [1.29, 1.82) is 0 Å². The van der Waals surface area contributed by atoms with Gasteiger partial charge in [-0.15, -0.1) is 0 Å². The van der Waals surface area contributed by atoms with Crippen LogP contribution < -0.4 is 4.90 Å². The van der Waals surface area contributed by atoms with E-state index in [1.165, 1.54) is 15.9 Å². The Bertz CT molecular complexity index is 886. The lowest BCUT2D eigenvalue weighted by molar-refractivity contribution is -0.384. The van der Waals surface area contributed by atoms with Crippen molar-refractivity contribution in [2.45, 2.75) is 5.92 Å². The van der Waals surface area contributed by atoms with Crippen LogP contribution in [-0.2, 0) is 9.59 Å². The van der Waals surface area contributed by atoms with Gasteiger partial charge in [0.1, 0.15) is 5.69 Å². The van der Waals surface area contributed by atoms with Gasteiger partial charge >= 0.3 is 5.97 Å². The molecular weight excluding hydrogens is 362 g/mol. The molecule has 8 nitrogen and oxygen atoms in total. The van der Waals surface area contributed by atoms with E-state index < -0.39 is 16.8 Å². The largest absolute Gasteiger partial charge is 0.481 e. The van der Waals surface area contributed by atoms with Crippen LogP contribution in [0.15, 0.2) is 54.6 Å². The molecule has 0 aliphatic carbocycles. The normalized spacial score (nSPS) is 18.7. The van der Waals surface area contributed by atoms with E-state index in [9.17, 15) is 24.8 Å². The second-order valence-electron chi connectivity index (χ2n) is 6.86. The van der Waals surface area contributed by atoms with Crippen molar-refractivity contribution in [2.75, 3.05) is 31.6 Å². The van der Waals surface area contributed by atoms with Gasteiger partial charge in [-0.3, -0.25) is 19.7 Å². The highest BCUT2D eigenvalue weighted by Gasteiger charge is 2.40. The zero-order valence-electron chi connectivity index (χ0n) is 15.4. The average molecular weight is 383 g/mol. The molecule has 2 aromatic carbocycles. The second kappa shape index (κ2) is 8.08. The van der Waals surface area contributed by atoms with Crippen LogP contribution in [0.2, 0.25) is 0 Å². The number of para-hydroxylation sites is 2. The number of nitro groups is 1. The lowest BCUT2D eigenvalue weighted by Crippen LogP contribution is -2.38. The molecular formula is C20H21N3O5. The van der Waals surface area contributed by atoms with Gasteiger partial charge in [0.05, 0.1) is 17.4 Å². The van der Waals surface area contributed by atoms with E-state index in [4.69, 9.17) is 0 Å². The molecule has 2 aromatic rings. The van der Waals surface area contributed by atoms with E-state index >= 15 is 0 Å². The van der Waals surface area contributed by atoms with Crippen LogP contribution in [0.25, 0.3) is 0 Å². The number of benzene rings is 2. The summed E-state index contributed by atoms with van der Waals surface area (Å²) < 4.78 is 0. The summed E-state index contributed by atoms with van der Waals surface area (Å²) in [7, 11) is 1.61. The topological polar surface area (TPSA) is 104 Å². The zero-order chi connectivity index (χ0) is 20.3. The third kappa shape index (κ3) is 3.95. The Morgan fingerprint density at radius 2 is 1.79 bits per heavy atom. The Labute approximate surface area is 162 Å². The van der Waals surface area contributed by atoms with Gasteiger partial charge in [-0.2, -0.15) is 0 Å². The van der Waals surface area contributed by atoms with Gasteiger partial charge < -0.3 is 14.9 Å². The number of nitrogens with zero attached hydrogens (tertiary/aromatic N) is 3. The number of anilines is 1. The molecule has 1 aliphatic heterocycles. The maximum atomic E-state index is 12.8. The van der Waals surface area contributed by atoms with Crippen LogP contribution in [0.5, 0.6) is 0 Å². The highest BCUT2D eigenvalue weighted by Crippen LogP contribution is 2.33. The van der Waals surface area contributed by atoms with Gasteiger partial charge in [0.2, 0.25) is 5.91 Å². The summed E-state index contributed by atoms with van der Waals surface area (Å²) in [5.74, 6) is -2.15. The van der Waals surface area contributed by atoms with Crippen molar-refractivity contribution < 1.29 is 19.6 Å². The van der Waals surface area contributed by atoms with Crippen LogP contribution in [0, 0.1) is 16.0 Å². The fourth-order valence-electron chi connectivity index (χ4n) is 3.63. The van der Waals surface area contributed by atoms with Gasteiger partial charge in [-0.05, 0) is 11.6 Å². The summed E-state index contributed by atoms with van der Waals surface area (Å²) in [6.45, 7) is 0.363. The Balaban J connectivity index is 1.74. The van der Waals surface area contributed by atoms with Crippen LogP contribution in [0.3, 0.4) is 0 Å². The minimum atomic E-state index is -0.934. The number of rotatable bonds is 6. The monoisotopic (exact) mass is 383 g/mol. The van der Waals surface area contributed by atoms with Gasteiger partial charge in [-0.1, -0.05) is 42.5 Å². The number of hydrogen-bond acceptors (Lipinski definition) is 5. The lowest BCUT2D eigenvalue weighted by atomic mass is 9.89. The quantitative estimate of drug-likeness (QED) is 0.607. The Morgan fingerprint density at radius 3 is 2.43 bits per heavy atom. The van der Waals surface area contributed by atoms with Crippen molar-refractivity contribution in [3.8, 4) is 0 Å². The molecule has 2 unspecified atom stereocenters. The van der Waals surface area contributed by atoms with Gasteiger partial charge in [0.25, 0.3) is 5.69 Å². The highest BCUT2D eigenvalue weighted by atomic mass is 16.6. The van der Waals surface area contributed by atoms with Crippen LogP contribution in [-0.4, -0.2) is 53.5 Å². The number of nitro benzene ring substituents is 1. The molecule has 28 heavy (non-hydrogen) atoms.